The van der Waals surface area contributed by atoms with Gasteiger partial charge in [-0.2, -0.15) is 5.10 Å². The zero-order valence-corrected chi connectivity index (χ0v) is 19.4. The number of hydrogen-bond donors (Lipinski definition) is 2. The molecule has 0 fully saturated rings. The summed E-state index contributed by atoms with van der Waals surface area (Å²) in [6.45, 7) is 5.04. The quantitative estimate of drug-likeness (QED) is 0.418. The van der Waals surface area contributed by atoms with Gasteiger partial charge in [0.15, 0.2) is 0 Å². The molecule has 2 amide bonds. The molecule has 1 atom stereocenters. The minimum absolute atomic E-state index is 0.264. The molecule has 1 aromatic heterocycles. The van der Waals surface area contributed by atoms with Crippen LogP contribution in [-0.2, 0) is 17.9 Å². The Bertz CT molecular complexity index is 1270. The average molecular weight is 453 g/mol. The maximum absolute atomic E-state index is 13.2. The van der Waals surface area contributed by atoms with E-state index in [1.165, 1.54) is 0 Å². The molecule has 1 unspecified atom stereocenters. The van der Waals surface area contributed by atoms with Crippen LogP contribution in [0.2, 0.25) is 0 Å². The third-order valence-electron chi connectivity index (χ3n) is 5.60. The first-order valence-corrected chi connectivity index (χ1v) is 11.3. The number of aromatic nitrogens is 2. The fourth-order valence-electron chi connectivity index (χ4n) is 3.89. The third-order valence-corrected chi connectivity index (χ3v) is 5.60. The van der Waals surface area contributed by atoms with Crippen molar-refractivity contribution in [3.63, 3.8) is 0 Å². The Morgan fingerprint density at radius 2 is 1.53 bits per heavy atom. The number of benzene rings is 3. The molecule has 0 saturated carbocycles. The fourth-order valence-corrected chi connectivity index (χ4v) is 3.89. The van der Waals surface area contributed by atoms with Crippen molar-refractivity contribution in [2.45, 2.75) is 33.0 Å². The van der Waals surface area contributed by atoms with Crippen molar-refractivity contribution in [2.75, 3.05) is 0 Å². The number of hydrogen-bond acceptors (Lipinski definition) is 3. The van der Waals surface area contributed by atoms with Crippen LogP contribution in [0.4, 0.5) is 0 Å². The highest BCUT2D eigenvalue weighted by molar-refractivity contribution is 5.97. The number of aryl methyl sites for hydroxylation is 2. The van der Waals surface area contributed by atoms with Crippen molar-refractivity contribution in [3.8, 4) is 0 Å². The molecule has 0 aliphatic carbocycles. The lowest BCUT2D eigenvalue weighted by atomic mass is 10.0. The predicted molar refractivity (Wildman–Crippen MR) is 132 cm³/mol. The van der Waals surface area contributed by atoms with E-state index in [2.05, 4.69) is 33.9 Å². The highest BCUT2D eigenvalue weighted by atomic mass is 16.2. The van der Waals surface area contributed by atoms with Crippen LogP contribution in [0.3, 0.4) is 0 Å². The number of nitrogens with one attached hydrogen (secondary N) is 2. The van der Waals surface area contributed by atoms with Gasteiger partial charge in [0.05, 0.1) is 12.2 Å². The zero-order chi connectivity index (χ0) is 23.9. The van der Waals surface area contributed by atoms with Crippen molar-refractivity contribution in [2.24, 2.45) is 0 Å². The van der Waals surface area contributed by atoms with E-state index >= 15 is 0 Å². The summed E-state index contributed by atoms with van der Waals surface area (Å²) in [5, 5.41) is 10.4. The van der Waals surface area contributed by atoms with Gasteiger partial charge >= 0.3 is 0 Å². The first kappa shape index (κ1) is 23.0. The van der Waals surface area contributed by atoms with Gasteiger partial charge in [-0.25, -0.2) is 0 Å². The molecule has 172 valence electrons. The largest absolute Gasteiger partial charge is 0.350 e. The van der Waals surface area contributed by atoms with E-state index in [1.807, 2.05) is 67.1 Å². The molecular formula is C28H28N4O2. The lowest BCUT2D eigenvalue weighted by Crippen LogP contribution is -2.40. The Morgan fingerprint density at radius 3 is 2.21 bits per heavy atom. The lowest BCUT2D eigenvalue weighted by Gasteiger charge is -2.19. The summed E-state index contributed by atoms with van der Waals surface area (Å²) >= 11 is 0. The van der Waals surface area contributed by atoms with Crippen molar-refractivity contribution in [3.05, 3.63) is 125 Å². The summed E-state index contributed by atoms with van der Waals surface area (Å²) < 4.78 is 1.97. The van der Waals surface area contributed by atoms with Gasteiger partial charge in [0, 0.05) is 17.8 Å². The second-order valence-corrected chi connectivity index (χ2v) is 8.31. The first-order chi connectivity index (χ1) is 16.5. The molecule has 3 aromatic carbocycles. The smallest absolute Gasteiger partial charge is 0.252 e. The van der Waals surface area contributed by atoms with Crippen LogP contribution >= 0.6 is 0 Å². The van der Waals surface area contributed by atoms with Gasteiger partial charge in [0.2, 0.25) is 5.91 Å². The fraction of sp³-hybridized carbons (Fsp3) is 0.179. The van der Waals surface area contributed by atoms with Crippen LogP contribution in [-0.4, -0.2) is 21.6 Å². The number of nitrogens with zero attached hydrogens (tertiary/aromatic N) is 2. The molecule has 6 heteroatoms. The molecule has 4 rings (SSSR count). The van der Waals surface area contributed by atoms with Crippen LogP contribution in [0.25, 0.3) is 0 Å². The molecular weight excluding hydrogens is 424 g/mol. The highest BCUT2D eigenvalue weighted by Gasteiger charge is 2.23. The predicted octanol–water partition coefficient (Wildman–Crippen LogP) is 4.34. The Balaban J connectivity index is 1.45. The van der Waals surface area contributed by atoms with Crippen molar-refractivity contribution in [1.29, 1.82) is 0 Å². The standard InChI is InChI=1S/C28H28N4O2/c1-20-16-21(2)32(31-20)19-23-11-9-10-22(17-23)18-29-28(34)26(24-12-5-3-6-13-24)30-27(33)25-14-7-4-8-15-25/h3-17,26H,18-19H2,1-2H3,(H,29,34)(H,30,33). The molecule has 0 bridgehead atoms. The van der Waals surface area contributed by atoms with E-state index in [0.29, 0.717) is 18.7 Å². The molecule has 34 heavy (non-hydrogen) atoms. The second kappa shape index (κ2) is 10.6. The molecule has 1 heterocycles. The first-order valence-electron chi connectivity index (χ1n) is 11.3. The number of amides is 2. The Labute approximate surface area is 199 Å². The molecule has 0 spiro atoms. The summed E-state index contributed by atoms with van der Waals surface area (Å²) in [5.74, 6) is -0.559. The molecule has 0 radical (unpaired) electrons. The van der Waals surface area contributed by atoms with Crippen LogP contribution in [0.15, 0.2) is 91.0 Å². The molecule has 0 aliphatic rings. The van der Waals surface area contributed by atoms with Crippen molar-refractivity contribution < 1.29 is 9.59 Å². The van der Waals surface area contributed by atoms with Gasteiger partial charge in [-0.05, 0) is 48.7 Å². The van der Waals surface area contributed by atoms with Gasteiger partial charge in [-0.1, -0.05) is 72.8 Å². The summed E-state index contributed by atoms with van der Waals surface area (Å²) in [5.41, 5.74) is 5.42. The minimum Gasteiger partial charge on any atom is -0.350 e. The molecule has 6 nitrogen and oxygen atoms in total. The zero-order valence-electron chi connectivity index (χ0n) is 19.4. The topological polar surface area (TPSA) is 76.0 Å². The molecule has 4 aromatic rings. The summed E-state index contributed by atoms with van der Waals surface area (Å²) in [4.78, 5) is 25.9. The van der Waals surface area contributed by atoms with Gasteiger partial charge < -0.3 is 10.6 Å². The Morgan fingerprint density at radius 1 is 0.853 bits per heavy atom. The van der Waals surface area contributed by atoms with E-state index in [4.69, 9.17) is 0 Å². The lowest BCUT2D eigenvalue weighted by molar-refractivity contribution is -0.123. The SMILES string of the molecule is Cc1cc(C)n(Cc2cccc(CNC(=O)C(NC(=O)c3ccccc3)c3ccccc3)c2)n1. The molecule has 0 aliphatic heterocycles. The van der Waals surface area contributed by atoms with E-state index in [9.17, 15) is 9.59 Å². The number of carbonyl (C=O) groups excluding carboxylic acids is 2. The normalized spacial score (nSPS) is 11.6. The minimum atomic E-state index is -0.799. The van der Waals surface area contributed by atoms with Gasteiger partial charge in [-0.15, -0.1) is 0 Å². The molecule has 2 N–H and O–H groups in total. The van der Waals surface area contributed by atoms with Crippen LogP contribution in [0.1, 0.15) is 44.5 Å². The summed E-state index contributed by atoms with van der Waals surface area (Å²) in [6, 6.07) is 27.5. The van der Waals surface area contributed by atoms with E-state index in [0.717, 1.165) is 28.1 Å². The Hall–Kier alpha value is -4.19. The Kier molecular flexibility index (Phi) is 7.18. The summed E-state index contributed by atoms with van der Waals surface area (Å²) in [6.07, 6.45) is 0. The maximum atomic E-state index is 13.2. The number of carbonyl (C=O) groups is 2. The van der Waals surface area contributed by atoms with Crippen LogP contribution in [0, 0.1) is 13.8 Å². The summed E-state index contributed by atoms with van der Waals surface area (Å²) in [7, 11) is 0. The van der Waals surface area contributed by atoms with Crippen molar-refractivity contribution in [1.82, 2.24) is 20.4 Å². The van der Waals surface area contributed by atoms with Crippen LogP contribution < -0.4 is 10.6 Å². The van der Waals surface area contributed by atoms with Gasteiger partial charge in [0.25, 0.3) is 5.91 Å². The maximum Gasteiger partial charge on any atom is 0.252 e. The van der Waals surface area contributed by atoms with E-state index in [-0.39, 0.29) is 11.8 Å². The highest BCUT2D eigenvalue weighted by Crippen LogP contribution is 2.15. The third kappa shape index (κ3) is 5.78. The second-order valence-electron chi connectivity index (χ2n) is 8.31. The van der Waals surface area contributed by atoms with Crippen LogP contribution in [0.5, 0.6) is 0 Å². The van der Waals surface area contributed by atoms with Gasteiger partial charge in [0.1, 0.15) is 6.04 Å². The van der Waals surface area contributed by atoms with Gasteiger partial charge in [-0.3, -0.25) is 14.3 Å². The number of rotatable bonds is 8. The molecule has 0 saturated heterocycles. The monoisotopic (exact) mass is 452 g/mol. The van der Waals surface area contributed by atoms with Crippen molar-refractivity contribution >= 4 is 11.8 Å². The van der Waals surface area contributed by atoms with E-state index in [1.54, 1.807) is 24.3 Å². The average Bonchev–Trinajstić information content (AvgIpc) is 3.18. The van der Waals surface area contributed by atoms with E-state index < -0.39 is 6.04 Å².